The molecule has 162 valence electrons. The van der Waals surface area contributed by atoms with Gasteiger partial charge in [-0.3, -0.25) is 4.79 Å². The van der Waals surface area contributed by atoms with E-state index in [-0.39, 0.29) is 12.2 Å². The van der Waals surface area contributed by atoms with E-state index in [4.69, 9.17) is 9.47 Å². The maximum absolute atomic E-state index is 12.3. The van der Waals surface area contributed by atoms with Crippen LogP contribution in [-0.4, -0.2) is 41.7 Å². The average Bonchev–Trinajstić information content (AvgIpc) is 2.57. The highest BCUT2D eigenvalue weighted by Gasteiger charge is 2.34. The number of benzene rings is 1. The van der Waals surface area contributed by atoms with E-state index in [2.05, 4.69) is 4.74 Å². The number of carbonyl (C=O) groups excluding carboxylic acids is 2. The zero-order chi connectivity index (χ0) is 22.2. The first-order valence-electron chi connectivity index (χ1n) is 9.00. The van der Waals surface area contributed by atoms with Crippen LogP contribution in [0.15, 0.2) is 30.3 Å². The molecular weight excluding hydrogens is 393 g/mol. The summed E-state index contributed by atoms with van der Waals surface area (Å²) >= 11 is 0. The molecule has 1 aromatic carbocycles. The average molecular weight is 418 g/mol. The minimum atomic E-state index is -4.78. The predicted molar refractivity (Wildman–Crippen MR) is 98.7 cm³/mol. The molecular formula is C20H25F3O6. The highest BCUT2D eigenvalue weighted by atomic mass is 19.4. The van der Waals surface area contributed by atoms with Crippen LogP contribution in [0.4, 0.5) is 13.2 Å². The molecule has 0 aromatic heterocycles. The molecule has 1 N–H and O–H groups in total. The topological polar surface area (TPSA) is 82.1 Å². The summed E-state index contributed by atoms with van der Waals surface area (Å²) in [5, 5.41) is 10.2. The first-order chi connectivity index (χ1) is 13.4. The quantitative estimate of drug-likeness (QED) is 0.613. The maximum Gasteiger partial charge on any atom is 0.573 e. The second kappa shape index (κ2) is 10.8. The Hall–Kier alpha value is -2.55. The Balaban J connectivity index is 2.85. The molecule has 0 bridgehead atoms. The maximum atomic E-state index is 12.3. The van der Waals surface area contributed by atoms with E-state index in [9.17, 15) is 27.9 Å². The summed E-state index contributed by atoms with van der Waals surface area (Å²) in [6.07, 6.45) is -4.39. The summed E-state index contributed by atoms with van der Waals surface area (Å²) < 4.78 is 50.4. The van der Waals surface area contributed by atoms with Gasteiger partial charge < -0.3 is 19.3 Å². The van der Waals surface area contributed by atoms with Gasteiger partial charge in [-0.2, -0.15) is 0 Å². The van der Waals surface area contributed by atoms with Crippen molar-refractivity contribution in [1.29, 1.82) is 0 Å². The minimum absolute atomic E-state index is 0.0410. The molecule has 29 heavy (non-hydrogen) atoms. The number of esters is 2. The van der Waals surface area contributed by atoms with Crippen LogP contribution in [0.25, 0.3) is 6.08 Å². The Labute approximate surface area is 167 Å². The van der Waals surface area contributed by atoms with Crippen molar-refractivity contribution in [3.8, 4) is 5.75 Å². The number of allylic oxidation sites excluding steroid dienone is 1. The van der Waals surface area contributed by atoms with Crippen LogP contribution in [0.2, 0.25) is 0 Å². The van der Waals surface area contributed by atoms with E-state index in [1.807, 2.05) is 0 Å². The van der Waals surface area contributed by atoms with Crippen LogP contribution in [0, 0.1) is 5.92 Å². The number of alkyl halides is 3. The molecule has 0 fully saturated rings. The van der Waals surface area contributed by atoms with Crippen LogP contribution in [-0.2, 0) is 19.1 Å². The molecule has 0 aliphatic rings. The van der Waals surface area contributed by atoms with E-state index in [0.717, 1.165) is 12.1 Å². The number of rotatable bonds is 9. The molecule has 0 unspecified atom stereocenters. The molecule has 0 heterocycles. The molecule has 0 aliphatic heterocycles. The fourth-order valence-corrected chi connectivity index (χ4v) is 2.27. The molecule has 1 aromatic rings. The Morgan fingerprint density at radius 2 is 1.52 bits per heavy atom. The lowest BCUT2D eigenvalue weighted by Gasteiger charge is -2.21. The van der Waals surface area contributed by atoms with Crippen molar-refractivity contribution in [3.05, 3.63) is 35.9 Å². The monoisotopic (exact) mass is 418 g/mol. The van der Waals surface area contributed by atoms with Crippen LogP contribution in [0.5, 0.6) is 5.75 Å². The molecule has 0 saturated carbocycles. The molecule has 9 heteroatoms. The van der Waals surface area contributed by atoms with Crippen molar-refractivity contribution in [2.45, 2.75) is 58.8 Å². The van der Waals surface area contributed by atoms with Gasteiger partial charge in [0.2, 0.25) is 0 Å². The number of hydrogen-bond donors (Lipinski definition) is 1. The van der Waals surface area contributed by atoms with Gasteiger partial charge >= 0.3 is 18.3 Å². The normalized spacial score (nSPS) is 14.1. The summed E-state index contributed by atoms with van der Waals surface area (Å²) in [6.45, 7) is 6.48. The third kappa shape index (κ3) is 9.47. The van der Waals surface area contributed by atoms with Gasteiger partial charge in [0, 0.05) is 0 Å². The Morgan fingerprint density at radius 3 is 2.00 bits per heavy atom. The highest BCUT2D eigenvalue weighted by molar-refractivity contribution is 5.84. The van der Waals surface area contributed by atoms with Crippen molar-refractivity contribution in [1.82, 2.24) is 0 Å². The molecule has 0 aliphatic carbocycles. The standard InChI is InChI=1S/C20H25F3O6/c1-12(2)27-18(25)16(17(24)19(26)28-13(3)4)7-5-6-14-8-10-15(11-9-14)29-20(21,22)23/h5-6,8-13,16-17,24H,7H2,1-4H3/b6-5+/t16-,17+/m1/s1. The zero-order valence-electron chi connectivity index (χ0n) is 16.6. The molecule has 0 saturated heterocycles. The van der Waals surface area contributed by atoms with Gasteiger partial charge in [-0.15, -0.1) is 13.2 Å². The second-order valence-electron chi connectivity index (χ2n) is 6.78. The molecule has 2 atom stereocenters. The van der Waals surface area contributed by atoms with Crippen molar-refractivity contribution in [3.63, 3.8) is 0 Å². The first kappa shape index (κ1) is 24.5. The van der Waals surface area contributed by atoms with Crippen molar-refractivity contribution >= 4 is 18.0 Å². The van der Waals surface area contributed by atoms with E-state index in [0.29, 0.717) is 5.56 Å². The van der Waals surface area contributed by atoms with Crippen LogP contribution < -0.4 is 4.74 Å². The summed E-state index contributed by atoms with van der Waals surface area (Å²) in [6, 6.07) is 5.07. The predicted octanol–water partition coefficient (Wildman–Crippen LogP) is 3.87. The lowest BCUT2D eigenvalue weighted by atomic mass is 9.97. The zero-order valence-corrected chi connectivity index (χ0v) is 16.6. The van der Waals surface area contributed by atoms with Gasteiger partial charge in [0.15, 0.2) is 6.10 Å². The second-order valence-corrected chi connectivity index (χ2v) is 6.78. The Morgan fingerprint density at radius 1 is 1.00 bits per heavy atom. The lowest BCUT2D eigenvalue weighted by molar-refractivity contribution is -0.274. The van der Waals surface area contributed by atoms with Gasteiger partial charge in [-0.05, 0) is 51.8 Å². The largest absolute Gasteiger partial charge is 0.573 e. The van der Waals surface area contributed by atoms with Crippen LogP contribution >= 0.6 is 0 Å². The number of halogens is 3. The van der Waals surface area contributed by atoms with Crippen LogP contribution in [0.1, 0.15) is 39.7 Å². The molecule has 0 amide bonds. The number of aliphatic hydroxyl groups excluding tert-OH is 1. The van der Waals surface area contributed by atoms with Crippen molar-refractivity contribution in [2.24, 2.45) is 5.92 Å². The smallest absolute Gasteiger partial charge is 0.463 e. The van der Waals surface area contributed by atoms with Crippen LogP contribution in [0.3, 0.4) is 0 Å². The fourth-order valence-electron chi connectivity index (χ4n) is 2.27. The molecule has 0 spiro atoms. The van der Waals surface area contributed by atoms with Gasteiger partial charge in [0.25, 0.3) is 0 Å². The van der Waals surface area contributed by atoms with Crippen molar-refractivity contribution in [2.75, 3.05) is 0 Å². The van der Waals surface area contributed by atoms with E-state index >= 15 is 0 Å². The Kier molecular flexibility index (Phi) is 9.16. The Bertz CT molecular complexity index is 695. The third-order valence-electron chi connectivity index (χ3n) is 3.44. The van der Waals surface area contributed by atoms with E-state index < -0.39 is 42.5 Å². The molecule has 1 rings (SSSR count). The summed E-state index contributed by atoms with van der Waals surface area (Å²) in [7, 11) is 0. The fraction of sp³-hybridized carbons (Fsp3) is 0.500. The first-order valence-corrected chi connectivity index (χ1v) is 9.00. The minimum Gasteiger partial charge on any atom is -0.463 e. The SMILES string of the molecule is CC(C)OC(=O)[C@@H](O)[C@@H](C/C=C/c1ccc(OC(F)(F)F)cc1)C(=O)OC(C)C. The summed E-state index contributed by atoms with van der Waals surface area (Å²) in [5.74, 6) is -3.24. The molecule has 6 nitrogen and oxygen atoms in total. The highest BCUT2D eigenvalue weighted by Crippen LogP contribution is 2.23. The van der Waals surface area contributed by atoms with E-state index in [1.165, 1.54) is 24.3 Å². The number of aliphatic hydroxyl groups is 1. The summed E-state index contributed by atoms with van der Waals surface area (Å²) in [4.78, 5) is 24.2. The van der Waals surface area contributed by atoms with Crippen molar-refractivity contribution < 1.29 is 42.1 Å². The summed E-state index contributed by atoms with van der Waals surface area (Å²) in [5.41, 5.74) is 0.537. The van der Waals surface area contributed by atoms with Gasteiger partial charge in [0.1, 0.15) is 5.75 Å². The lowest BCUT2D eigenvalue weighted by Crippen LogP contribution is -2.38. The van der Waals surface area contributed by atoms with Gasteiger partial charge in [-0.25, -0.2) is 4.79 Å². The van der Waals surface area contributed by atoms with Gasteiger partial charge in [-0.1, -0.05) is 24.3 Å². The number of carbonyl (C=O) groups is 2. The molecule has 0 radical (unpaired) electrons. The van der Waals surface area contributed by atoms with Gasteiger partial charge in [0.05, 0.1) is 18.1 Å². The number of ether oxygens (including phenoxy) is 3. The number of hydrogen-bond acceptors (Lipinski definition) is 6. The van der Waals surface area contributed by atoms with E-state index in [1.54, 1.807) is 27.7 Å². The third-order valence-corrected chi connectivity index (χ3v) is 3.44.